The Morgan fingerprint density at radius 2 is 0.821 bits per heavy atom. The van der Waals surface area contributed by atoms with Gasteiger partial charge in [0, 0.05) is 0 Å². The van der Waals surface area contributed by atoms with Gasteiger partial charge in [-0.3, -0.25) is 5.04 Å². The molecule has 0 aliphatic heterocycles. The van der Waals surface area contributed by atoms with Gasteiger partial charge in [0.2, 0.25) is 0 Å². The van der Waals surface area contributed by atoms with E-state index in [1.54, 1.807) is 0 Å². The highest BCUT2D eigenvalue weighted by Crippen LogP contribution is 2.42. The van der Waals surface area contributed by atoms with Gasteiger partial charge in [-0.05, 0) is 24.3 Å². The predicted molar refractivity (Wildman–Crippen MR) is 159 cm³/mol. The largest absolute Gasteiger partial charge is 0.691 e. The van der Waals surface area contributed by atoms with Gasteiger partial charge in [0.1, 0.15) is 4.90 Å². The summed E-state index contributed by atoms with van der Waals surface area (Å²) in [5.41, 5.74) is 0. The van der Waals surface area contributed by atoms with Crippen molar-refractivity contribution in [3.63, 3.8) is 0 Å². The quantitative estimate of drug-likeness (QED) is 0.0246. The zero-order chi connectivity index (χ0) is 28.6. The van der Waals surface area contributed by atoms with E-state index in [0.717, 1.165) is 38.5 Å². The molecule has 0 saturated heterocycles. The van der Waals surface area contributed by atoms with Crippen LogP contribution in [0.4, 0.5) is 13.2 Å². The van der Waals surface area contributed by atoms with Crippen LogP contribution in [0.15, 0.2) is 14.7 Å². The number of hydrogen-bond donors (Lipinski definition) is 0. The molecule has 1 rings (SSSR count). The summed E-state index contributed by atoms with van der Waals surface area (Å²) in [5.74, 6) is -2.10. The van der Waals surface area contributed by atoms with Gasteiger partial charge in [0.25, 0.3) is 0 Å². The van der Waals surface area contributed by atoms with Crippen LogP contribution in [-0.2, 0) is 9.37 Å². The first-order chi connectivity index (χ1) is 19.1. The molecule has 228 valence electrons. The summed E-state index contributed by atoms with van der Waals surface area (Å²) in [6, 6.07) is 0. The highest BCUT2D eigenvalue weighted by molar-refractivity contribution is 8.02. The van der Waals surface area contributed by atoms with Crippen LogP contribution >= 0.6 is 35.6 Å². The Kier molecular flexibility index (Phi) is 24.3. The molecule has 0 amide bonds. The van der Waals surface area contributed by atoms with Crippen molar-refractivity contribution in [1.82, 2.24) is 0 Å². The predicted octanol–water partition coefficient (Wildman–Crippen LogP) is 11.4. The molecule has 0 spiro atoms. The number of unbranched alkanes of at least 4 members (excludes halogenated alkanes) is 18. The lowest BCUT2D eigenvalue weighted by atomic mass is 10.1. The van der Waals surface area contributed by atoms with Crippen molar-refractivity contribution in [3.05, 3.63) is 17.5 Å². The fourth-order valence-corrected chi connectivity index (χ4v) is 7.35. The monoisotopic (exact) mass is 611 g/mol. The van der Waals surface area contributed by atoms with E-state index in [1.165, 1.54) is 113 Å². The molecule has 0 heterocycles. The molecule has 0 atom stereocenters. The van der Waals surface area contributed by atoms with Gasteiger partial charge in [0.15, 0.2) is 17.5 Å². The normalized spacial score (nSPS) is 11.5. The lowest BCUT2D eigenvalue weighted by Gasteiger charge is -2.15. The Bertz CT molecular complexity index is 741. The highest BCUT2D eigenvalue weighted by atomic mass is 32.2. The third-order valence-corrected chi connectivity index (χ3v) is 9.94. The molecule has 1 aromatic carbocycles. The Balaban J connectivity index is 2.52. The SMILES string of the molecule is CCCCCCCCCCCCSc1c(F)c(F)c(SOO[O-])c(F)c1SCCCCCCCCCCCC. The zero-order valence-corrected chi connectivity index (χ0v) is 26.6. The molecule has 0 bridgehead atoms. The van der Waals surface area contributed by atoms with Gasteiger partial charge < -0.3 is 5.26 Å². The summed E-state index contributed by atoms with van der Waals surface area (Å²) in [5, 5.41) is 13.4. The van der Waals surface area contributed by atoms with E-state index in [-0.39, 0.29) is 21.8 Å². The first-order valence-corrected chi connectivity index (χ1v) is 17.9. The van der Waals surface area contributed by atoms with Gasteiger partial charge in [-0.15, -0.1) is 23.5 Å². The van der Waals surface area contributed by atoms with Crippen LogP contribution in [0.5, 0.6) is 0 Å². The van der Waals surface area contributed by atoms with Crippen LogP contribution in [0.1, 0.15) is 142 Å². The first kappa shape index (κ1) is 37.0. The maximum atomic E-state index is 15.2. The minimum Gasteiger partial charge on any atom is -0.691 e. The molecule has 9 heteroatoms. The fraction of sp³-hybridized carbons (Fsp3) is 0.800. The molecule has 3 nitrogen and oxygen atoms in total. The average Bonchev–Trinajstić information content (AvgIpc) is 2.94. The van der Waals surface area contributed by atoms with E-state index in [1.807, 2.05) is 0 Å². The molecule has 39 heavy (non-hydrogen) atoms. The van der Waals surface area contributed by atoms with Crippen LogP contribution in [-0.4, -0.2) is 11.5 Å². The molecule has 0 radical (unpaired) electrons. The fourth-order valence-electron chi connectivity index (χ4n) is 4.50. The van der Waals surface area contributed by atoms with Crippen LogP contribution < -0.4 is 5.26 Å². The number of benzene rings is 1. The van der Waals surface area contributed by atoms with Gasteiger partial charge in [-0.1, -0.05) is 129 Å². The minimum absolute atomic E-state index is 0.0189. The van der Waals surface area contributed by atoms with Crippen molar-refractivity contribution in [2.45, 2.75) is 157 Å². The Morgan fingerprint density at radius 3 is 1.21 bits per heavy atom. The zero-order valence-electron chi connectivity index (χ0n) is 24.1. The summed E-state index contributed by atoms with van der Waals surface area (Å²) in [6.45, 7) is 4.44. The smallest absolute Gasteiger partial charge is 0.179 e. The summed E-state index contributed by atoms with van der Waals surface area (Å²) in [4.78, 5) is -0.568. The number of thioether (sulfide) groups is 2. The molecular formula is C30H50F3O3S3-. The average molecular weight is 612 g/mol. The van der Waals surface area contributed by atoms with Gasteiger partial charge in [-0.25, -0.2) is 13.2 Å². The van der Waals surface area contributed by atoms with Crippen LogP contribution in [0, 0.1) is 17.5 Å². The van der Waals surface area contributed by atoms with Crippen LogP contribution in [0.25, 0.3) is 0 Å². The molecule has 0 aliphatic rings. The van der Waals surface area contributed by atoms with E-state index >= 15 is 4.39 Å². The summed E-state index contributed by atoms with van der Waals surface area (Å²) >= 11 is 2.46. The minimum atomic E-state index is -1.34. The first-order valence-electron chi connectivity index (χ1n) is 15.2. The second kappa shape index (κ2) is 25.6. The second-order valence-electron chi connectivity index (χ2n) is 10.2. The van der Waals surface area contributed by atoms with Crippen molar-refractivity contribution in [3.8, 4) is 0 Å². The molecule has 0 unspecified atom stereocenters. The van der Waals surface area contributed by atoms with Crippen molar-refractivity contribution < 1.29 is 27.8 Å². The van der Waals surface area contributed by atoms with Gasteiger partial charge in [-0.2, -0.15) is 4.33 Å². The van der Waals surface area contributed by atoms with E-state index in [0.29, 0.717) is 11.5 Å². The Hall–Kier alpha value is -0.0600. The maximum absolute atomic E-state index is 15.2. The number of rotatable bonds is 27. The Labute approximate surface area is 248 Å². The highest BCUT2D eigenvalue weighted by Gasteiger charge is 2.26. The molecule has 0 N–H and O–H groups in total. The van der Waals surface area contributed by atoms with Crippen LogP contribution in [0.3, 0.4) is 0 Å². The number of halogens is 3. The molecule has 0 fully saturated rings. The summed E-state index contributed by atoms with van der Waals surface area (Å²) < 4.78 is 49.0. The summed E-state index contributed by atoms with van der Waals surface area (Å²) in [6.07, 6.45) is 23.9. The van der Waals surface area contributed by atoms with Crippen molar-refractivity contribution in [2.24, 2.45) is 0 Å². The van der Waals surface area contributed by atoms with Crippen LogP contribution in [0.2, 0.25) is 0 Å². The van der Waals surface area contributed by atoms with E-state index in [4.69, 9.17) is 0 Å². The maximum Gasteiger partial charge on any atom is 0.179 e. The molecule has 1 aromatic rings. The van der Waals surface area contributed by atoms with E-state index < -0.39 is 22.3 Å². The van der Waals surface area contributed by atoms with Crippen molar-refractivity contribution in [2.75, 3.05) is 11.5 Å². The lowest BCUT2D eigenvalue weighted by molar-refractivity contribution is -0.777. The van der Waals surface area contributed by atoms with Crippen molar-refractivity contribution in [1.29, 1.82) is 0 Å². The molecule has 0 aliphatic carbocycles. The lowest BCUT2D eigenvalue weighted by Crippen LogP contribution is -2.05. The third-order valence-electron chi connectivity index (χ3n) is 6.83. The van der Waals surface area contributed by atoms with Gasteiger partial charge >= 0.3 is 0 Å². The molecule has 0 aromatic heterocycles. The standard InChI is InChI=1S/C30H51F3O3S3/c1-3-5-7-9-11-13-15-17-19-21-23-37-29-26(32)25(31)28(39-36-35-34)27(33)30(29)38-24-22-20-18-16-14-12-10-8-6-4-2/h34H,3-24H2,1-2H3/p-1. The van der Waals surface area contributed by atoms with Gasteiger partial charge in [0.05, 0.1) is 21.8 Å². The summed E-state index contributed by atoms with van der Waals surface area (Å²) in [7, 11) is 0. The third kappa shape index (κ3) is 16.8. The molecular weight excluding hydrogens is 562 g/mol. The second-order valence-corrected chi connectivity index (χ2v) is 13.1. The van der Waals surface area contributed by atoms with E-state index in [9.17, 15) is 14.0 Å². The molecule has 0 saturated carbocycles. The number of hydrogen-bond acceptors (Lipinski definition) is 6. The van der Waals surface area contributed by atoms with E-state index in [2.05, 4.69) is 23.2 Å². The topological polar surface area (TPSA) is 41.5 Å². The van der Waals surface area contributed by atoms with Crippen molar-refractivity contribution >= 4 is 35.6 Å². The Morgan fingerprint density at radius 1 is 0.487 bits per heavy atom.